The summed E-state index contributed by atoms with van der Waals surface area (Å²) in [5.74, 6) is -0.870. The second kappa shape index (κ2) is 11.3. The average molecular weight is 463 g/mol. The first-order chi connectivity index (χ1) is 16.3. The molecule has 0 aliphatic heterocycles. The monoisotopic (exact) mass is 462 g/mol. The highest BCUT2D eigenvalue weighted by Gasteiger charge is 2.23. The first kappa shape index (κ1) is 24.8. The van der Waals surface area contributed by atoms with Crippen LogP contribution in [0.25, 0.3) is 0 Å². The van der Waals surface area contributed by atoms with E-state index in [4.69, 9.17) is 0 Å². The van der Waals surface area contributed by atoms with Gasteiger partial charge in [0.25, 0.3) is 5.91 Å². The van der Waals surface area contributed by atoms with Crippen molar-refractivity contribution in [2.75, 3.05) is 30.9 Å². The average Bonchev–Trinajstić information content (AvgIpc) is 2.82. The van der Waals surface area contributed by atoms with Crippen LogP contribution in [-0.4, -0.2) is 37.5 Å². The number of hydrogen-bond acceptors (Lipinski definition) is 3. The van der Waals surface area contributed by atoms with Gasteiger partial charge >= 0.3 is 6.03 Å². The number of nitrogens with zero attached hydrogens (tertiary/aromatic N) is 2. The topological polar surface area (TPSA) is 64.7 Å². The van der Waals surface area contributed by atoms with E-state index < -0.39 is 11.7 Å². The SMILES string of the molecule is CCNC(=O)N(Cc1cc(NC(=O)c2cccc(F)c2)ccc1N(C)C)[C@H](C)c1ccccc1. The molecule has 2 N–H and O–H groups in total. The molecule has 0 radical (unpaired) electrons. The summed E-state index contributed by atoms with van der Waals surface area (Å²) < 4.78 is 13.5. The van der Waals surface area contributed by atoms with Gasteiger partial charge in [-0.2, -0.15) is 0 Å². The lowest BCUT2D eigenvalue weighted by Crippen LogP contribution is -2.41. The fourth-order valence-corrected chi connectivity index (χ4v) is 3.79. The number of hydrogen-bond donors (Lipinski definition) is 2. The highest BCUT2D eigenvalue weighted by molar-refractivity contribution is 6.04. The Kier molecular flexibility index (Phi) is 8.24. The summed E-state index contributed by atoms with van der Waals surface area (Å²) in [5, 5.41) is 5.74. The Bertz CT molecular complexity index is 1130. The van der Waals surface area contributed by atoms with Crippen LogP contribution in [-0.2, 0) is 6.54 Å². The maximum Gasteiger partial charge on any atom is 0.318 e. The predicted molar refractivity (Wildman–Crippen MR) is 135 cm³/mol. The number of amides is 3. The Hall–Kier alpha value is -3.87. The summed E-state index contributed by atoms with van der Waals surface area (Å²) in [6, 6.07) is 20.6. The van der Waals surface area contributed by atoms with E-state index in [1.165, 1.54) is 18.2 Å². The molecule has 0 aromatic heterocycles. The zero-order valence-corrected chi connectivity index (χ0v) is 20.0. The van der Waals surface area contributed by atoms with Crippen LogP contribution in [0.2, 0.25) is 0 Å². The maximum absolute atomic E-state index is 13.5. The van der Waals surface area contributed by atoms with Gasteiger partial charge in [-0.15, -0.1) is 0 Å². The molecule has 0 aliphatic rings. The molecule has 0 heterocycles. The van der Waals surface area contributed by atoms with E-state index in [2.05, 4.69) is 10.6 Å². The molecule has 0 aliphatic carbocycles. The fourth-order valence-electron chi connectivity index (χ4n) is 3.79. The predicted octanol–water partition coefficient (Wildman–Crippen LogP) is 5.44. The summed E-state index contributed by atoms with van der Waals surface area (Å²) in [7, 11) is 3.86. The van der Waals surface area contributed by atoms with Crippen molar-refractivity contribution in [2.24, 2.45) is 0 Å². The third-order valence-corrected chi connectivity index (χ3v) is 5.59. The van der Waals surface area contributed by atoms with Crippen LogP contribution in [0, 0.1) is 5.82 Å². The van der Waals surface area contributed by atoms with Crippen molar-refractivity contribution in [3.05, 3.63) is 95.3 Å². The summed E-state index contributed by atoms with van der Waals surface area (Å²) >= 11 is 0. The number of halogens is 1. The molecule has 0 bridgehead atoms. The van der Waals surface area contributed by atoms with Gasteiger partial charge in [0.15, 0.2) is 0 Å². The Morgan fingerprint density at radius 1 is 0.971 bits per heavy atom. The normalized spacial score (nSPS) is 11.4. The van der Waals surface area contributed by atoms with Gasteiger partial charge in [0.2, 0.25) is 0 Å². The van der Waals surface area contributed by atoms with Crippen molar-refractivity contribution >= 4 is 23.3 Å². The van der Waals surface area contributed by atoms with Gasteiger partial charge in [-0.1, -0.05) is 36.4 Å². The Morgan fingerprint density at radius 2 is 1.71 bits per heavy atom. The third-order valence-electron chi connectivity index (χ3n) is 5.59. The molecule has 7 heteroatoms. The van der Waals surface area contributed by atoms with E-state index in [0.717, 1.165) is 16.8 Å². The Morgan fingerprint density at radius 3 is 2.35 bits per heavy atom. The van der Waals surface area contributed by atoms with E-state index in [1.807, 2.05) is 75.3 Å². The van der Waals surface area contributed by atoms with Crippen molar-refractivity contribution in [2.45, 2.75) is 26.4 Å². The van der Waals surface area contributed by atoms with Gasteiger partial charge in [-0.05, 0) is 61.4 Å². The Labute approximate surface area is 200 Å². The van der Waals surface area contributed by atoms with E-state index in [0.29, 0.717) is 18.8 Å². The smallest absolute Gasteiger partial charge is 0.318 e. The van der Waals surface area contributed by atoms with Gasteiger partial charge < -0.3 is 20.4 Å². The van der Waals surface area contributed by atoms with Gasteiger partial charge in [-0.3, -0.25) is 4.79 Å². The number of urea groups is 1. The highest BCUT2D eigenvalue weighted by atomic mass is 19.1. The molecule has 0 saturated carbocycles. The zero-order valence-electron chi connectivity index (χ0n) is 20.0. The number of anilines is 2. The van der Waals surface area contributed by atoms with Gasteiger partial charge in [0.1, 0.15) is 5.82 Å². The zero-order chi connectivity index (χ0) is 24.7. The van der Waals surface area contributed by atoms with Crippen LogP contribution in [0.4, 0.5) is 20.6 Å². The van der Waals surface area contributed by atoms with Crippen molar-refractivity contribution < 1.29 is 14.0 Å². The highest BCUT2D eigenvalue weighted by Crippen LogP contribution is 2.29. The number of carbonyl (C=O) groups is 2. The van der Waals surface area contributed by atoms with Crippen LogP contribution in [0.1, 0.15) is 41.4 Å². The first-order valence-corrected chi connectivity index (χ1v) is 11.3. The number of carbonyl (C=O) groups excluding carboxylic acids is 2. The van der Waals surface area contributed by atoms with Gasteiger partial charge in [-0.25, -0.2) is 9.18 Å². The Balaban J connectivity index is 1.92. The molecular weight excluding hydrogens is 431 g/mol. The fraction of sp³-hybridized carbons (Fsp3) is 0.259. The van der Waals surface area contributed by atoms with Crippen LogP contribution in [0.5, 0.6) is 0 Å². The molecule has 0 unspecified atom stereocenters. The summed E-state index contributed by atoms with van der Waals surface area (Å²) in [6.07, 6.45) is 0. The molecule has 6 nitrogen and oxygen atoms in total. The molecule has 0 spiro atoms. The van der Waals surface area contributed by atoms with Crippen molar-refractivity contribution in [1.29, 1.82) is 0 Å². The van der Waals surface area contributed by atoms with Crippen LogP contribution >= 0.6 is 0 Å². The quantitative estimate of drug-likeness (QED) is 0.469. The molecular formula is C27H31FN4O2. The van der Waals surface area contributed by atoms with E-state index >= 15 is 0 Å². The van der Waals surface area contributed by atoms with Gasteiger partial charge in [0, 0.05) is 37.6 Å². The minimum Gasteiger partial charge on any atom is -0.377 e. The second-order valence-electron chi connectivity index (χ2n) is 8.25. The molecule has 0 fully saturated rings. The molecule has 3 aromatic rings. The standard InChI is InChI=1S/C27H31FN4O2/c1-5-29-27(34)32(19(2)20-10-7-6-8-11-20)18-22-17-24(14-15-25(22)31(3)4)30-26(33)21-12-9-13-23(28)16-21/h6-17,19H,5,18H2,1-4H3,(H,29,34)(H,30,33)/t19-/m1/s1. The van der Waals surface area contributed by atoms with E-state index in [1.54, 1.807) is 17.0 Å². The van der Waals surface area contributed by atoms with Crippen LogP contribution in [0.15, 0.2) is 72.8 Å². The van der Waals surface area contributed by atoms with E-state index in [-0.39, 0.29) is 17.6 Å². The molecule has 3 aromatic carbocycles. The van der Waals surface area contributed by atoms with Crippen LogP contribution in [0.3, 0.4) is 0 Å². The maximum atomic E-state index is 13.5. The minimum absolute atomic E-state index is 0.169. The molecule has 1 atom stereocenters. The molecule has 3 amide bonds. The lowest BCUT2D eigenvalue weighted by molar-refractivity contribution is 0.102. The lowest BCUT2D eigenvalue weighted by Gasteiger charge is -2.31. The molecule has 0 saturated heterocycles. The van der Waals surface area contributed by atoms with Crippen LogP contribution < -0.4 is 15.5 Å². The lowest BCUT2D eigenvalue weighted by atomic mass is 10.0. The largest absolute Gasteiger partial charge is 0.377 e. The van der Waals surface area contributed by atoms with Gasteiger partial charge in [0.05, 0.1) is 12.6 Å². The number of nitrogens with one attached hydrogen (secondary N) is 2. The minimum atomic E-state index is -0.469. The second-order valence-corrected chi connectivity index (χ2v) is 8.25. The number of benzene rings is 3. The van der Waals surface area contributed by atoms with Crippen molar-refractivity contribution in [3.63, 3.8) is 0 Å². The summed E-state index contributed by atoms with van der Waals surface area (Å²) in [5.41, 5.74) is 3.63. The molecule has 34 heavy (non-hydrogen) atoms. The summed E-state index contributed by atoms with van der Waals surface area (Å²) in [6.45, 7) is 4.73. The molecule has 178 valence electrons. The summed E-state index contributed by atoms with van der Waals surface area (Å²) in [4.78, 5) is 29.4. The molecule has 3 rings (SSSR count). The van der Waals surface area contributed by atoms with Crippen molar-refractivity contribution in [1.82, 2.24) is 10.2 Å². The first-order valence-electron chi connectivity index (χ1n) is 11.3. The third kappa shape index (κ3) is 6.13. The van der Waals surface area contributed by atoms with Crippen molar-refractivity contribution in [3.8, 4) is 0 Å². The van der Waals surface area contributed by atoms with E-state index in [9.17, 15) is 14.0 Å². The number of rotatable bonds is 8.